The van der Waals surface area contributed by atoms with Crippen molar-refractivity contribution in [1.82, 2.24) is 0 Å². The molecule has 0 amide bonds. The SMILES string of the molecule is Nc1ccccc1SCC1OCCc2ccccc21. The van der Waals surface area contributed by atoms with Gasteiger partial charge in [-0.05, 0) is 29.7 Å². The molecule has 0 spiro atoms. The van der Waals surface area contributed by atoms with Crippen molar-refractivity contribution in [3.8, 4) is 0 Å². The molecule has 0 bridgehead atoms. The fourth-order valence-electron chi connectivity index (χ4n) is 2.39. The zero-order chi connectivity index (χ0) is 13.1. The number of rotatable bonds is 3. The molecule has 2 aromatic carbocycles. The highest BCUT2D eigenvalue weighted by Gasteiger charge is 2.20. The molecule has 1 atom stereocenters. The summed E-state index contributed by atoms with van der Waals surface area (Å²) in [4.78, 5) is 1.13. The van der Waals surface area contributed by atoms with Crippen LogP contribution in [0.4, 0.5) is 5.69 Å². The molecule has 3 heteroatoms. The lowest BCUT2D eigenvalue weighted by atomic mass is 9.99. The van der Waals surface area contributed by atoms with E-state index in [9.17, 15) is 0 Å². The van der Waals surface area contributed by atoms with Crippen LogP contribution in [-0.2, 0) is 11.2 Å². The van der Waals surface area contributed by atoms with Gasteiger partial charge in [-0.3, -0.25) is 0 Å². The van der Waals surface area contributed by atoms with Gasteiger partial charge in [0, 0.05) is 16.3 Å². The van der Waals surface area contributed by atoms with Crippen molar-refractivity contribution >= 4 is 17.4 Å². The summed E-state index contributed by atoms with van der Waals surface area (Å²) in [5.74, 6) is 0.908. The number of nitrogens with two attached hydrogens (primary N) is 1. The van der Waals surface area contributed by atoms with E-state index in [-0.39, 0.29) is 6.10 Å². The lowest BCUT2D eigenvalue weighted by Gasteiger charge is -2.25. The Morgan fingerprint density at radius 1 is 1.11 bits per heavy atom. The molecule has 98 valence electrons. The highest BCUT2D eigenvalue weighted by molar-refractivity contribution is 7.99. The van der Waals surface area contributed by atoms with Gasteiger partial charge in [-0.15, -0.1) is 11.8 Å². The van der Waals surface area contributed by atoms with Crippen LogP contribution in [0.3, 0.4) is 0 Å². The van der Waals surface area contributed by atoms with Crippen LogP contribution in [-0.4, -0.2) is 12.4 Å². The fourth-order valence-corrected chi connectivity index (χ4v) is 3.41. The van der Waals surface area contributed by atoms with Crippen LogP contribution in [0.2, 0.25) is 0 Å². The summed E-state index contributed by atoms with van der Waals surface area (Å²) in [6, 6.07) is 16.6. The van der Waals surface area contributed by atoms with Gasteiger partial charge in [0.2, 0.25) is 0 Å². The van der Waals surface area contributed by atoms with Crippen molar-refractivity contribution < 1.29 is 4.74 Å². The molecule has 1 aliphatic rings. The van der Waals surface area contributed by atoms with Crippen LogP contribution in [0, 0.1) is 0 Å². The van der Waals surface area contributed by atoms with E-state index in [1.165, 1.54) is 11.1 Å². The summed E-state index contributed by atoms with van der Waals surface area (Å²) in [6.07, 6.45) is 1.19. The highest BCUT2D eigenvalue weighted by Crippen LogP contribution is 2.33. The molecule has 0 saturated carbocycles. The van der Waals surface area contributed by atoms with E-state index in [2.05, 4.69) is 30.3 Å². The van der Waals surface area contributed by atoms with Gasteiger partial charge in [-0.25, -0.2) is 0 Å². The number of fused-ring (bicyclic) bond motifs is 1. The van der Waals surface area contributed by atoms with E-state index >= 15 is 0 Å². The maximum absolute atomic E-state index is 5.97. The Labute approximate surface area is 118 Å². The quantitative estimate of drug-likeness (QED) is 0.683. The zero-order valence-corrected chi connectivity index (χ0v) is 11.5. The first-order valence-corrected chi connectivity index (χ1v) is 7.50. The third kappa shape index (κ3) is 2.77. The van der Waals surface area contributed by atoms with Crippen molar-refractivity contribution in [1.29, 1.82) is 0 Å². The summed E-state index contributed by atoms with van der Waals surface area (Å²) in [7, 11) is 0. The number of hydrogen-bond acceptors (Lipinski definition) is 3. The summed E-state index contributed by atoms with van der Waals surface area (Å²) in [5.41, 5.74) is 9.56. The van der Waals surface area contributed by atoms with Crippen LogP contribution in [0.15, 0.2) is 53.4 Å². The first-order chi connectivity index (χ1) is 9.34. The topological polar surface area (TPSA) is 35.2 Å². The molecule has 3 rings (SSSR count). The smallest absolute Gasteiger partial charge is 0.0921 e. The minimum atomic E-state index is 0.176. The van der Waals surface area contributed by atoms with Gasteiger partial charge in [0.05, 0.1) is 12.7 Å². The molecule has 0 aromatic heterocycles. The number of benzene rings is 2. The molecule has 19 heavy (non-hydrogen) atoms. The van der Waals surface area contributed by atoms with Crippen molar-refractivity contribution in [3.05, 3.63) is 59.7 Å². The Morgan fingerprint density at radius 3 is 2.79 bits per heavy atom. The van der Waals surface area contributed by atoms with E-state index in [4.69, 9.17) is 10.5 Å². The number of ether oxygens (including phenoxy) is 1. The van der Waals surface area contributed by atoms with Crippen LogP contribution in [0.1, 0.15) is 17.2 Å². The third-order valence-electron chi connectivity index (χ3n) is 3.40. The van der Waals surface area contributed by atoms with Crippen LogP contribution in [0.5, 0.6) is 0 Å². The minimum Gasteiger partial charge on any atom is -0.398 e. The predicted molar refractivity (Wildman–Crippen MR) is 80.4 cm³/mol. The van der Waals surface area contributed by atoms with Gasteiger partial charge in [-0.1, -0.05) is 36.4 Å². The number of para-hydroxylation sites is 1. The molecule has 1 unspecified atom stereocenters. The molecular formula is C16H17NOS. The summed E-state index contributed by atoms with van der Waals surface area (Å²) < 4.78 is 5.90. The third-order valence-corrected chi connectivity index (χ3v) is 4.55. The van der Waals surface area contributed by atoms with Gasteiger partial charge < -0.3 is 10.5 Å². The molecule has 0 radical (unpaired) electrons. The molecule has 0 aliphatic carbocycles. The lowest BCUT2D eigenvalue weighted by Crippen LogP contribution is -2.17. The van der Waals surface area contributed by atoms with Crippen LogP contribution in [0.25, 0.3) is 0 Å². The predicted octanol–water partition coefficient (Wildman–Crippen LogP) is 3.67. The average molecular weight is 271 g/mol. The van der Waals surface area contributed by atoms with Crippen molar-refractivity contribution in [2.45, 2.75) is 17.4 Å². The van der Waals surface area contributed by atoms with Crippen LogP contribution < -0.4 is 5.73 Å². The van der Waals surface area contributed by atoms with Crippen molar-refractivity contribution in [2.24, 2.45) is 0 Å². The monoisotopic (exact) mass is 271 g/mol. The number of thioether (sulfide) groups is 1. The first kappa shape index (κ1) is 12.6. The largest absolute Gasteiger partial charge is 0.398 e. The molecule has 0 fully saturated rings. The number of hydrogen-bond donors (Lipinski definition) is 1. The molecule has 2 nitrogen and oxygen atoms in total. The van der Waals surface area contributed by atoms with Crippen molar-refractivity contribution in [2.75, 3.05) is 18.1 Å². The average Bonchev–Trinajstić information content (AvgIpc) is 2.46. The van der Waals surface area contributed by atoms with E-state index in [0.717, 1.165) is 29.4 Å². The van der Waals surface area contributed by atoms with E-state index in [1.807, 2.05) is 18.2 Å². The van der Waals surface area contributed by atoms with Gasteiger partial charge in [-0.2, -0.15) is 0 Å². The van der Waals surface area contributed by atoms with Gasteiger partial charge in [0.15, 0.2) is 0 Å². The summed E-state index contributed by atoms with van der Waals surface area (Å²) >= 11 is 1.77. The second-order valence-corrected chi connectivity index (χ2v) is 5.72. The second kappa shape index (κ2) is 5.68. The summed E-state index contributed by atoms with van der Waals surface area (Å²) in [6.45, 7) is 0.812. The minimum absolute atomic E-state index is 0.176. The van der Waals surface area contributed by atoms with Crippen molar-refractivity contribution in [3.63, 3.8) is 0 Å². The maximum Gasteiger partial charge on any atom is 0.0921 e. The molecule has 0 saturated heterocycles. The van der Waals surface area contributed by atoms with E-state index in [1.54, 1.807) is 11.8 Å². The second-order valence-electron chi connectivity index (χ2n) is 4.66. The number of anilines is 1. The van der Waals surface area contributed by atoms with E-state index < -0.39 is 0 Å². The number of nitrogen functional groups attached to an aromatic ring is 1. The molecule has 2 N–H and O–H groups in total. The Bertz CT molecular complexity index is 570. The molecule has 1 heterocycles. The standard InChI is InChI=1S/C16H17NOS/c17-14-7-3-4-8-16(14)19-11-15-13-6-2-1-5-12(13)9-10-18-15/h1-8,15H,9-11,17H2. The molecular weight excluding hydrogens is 254 g/mol. The van der Waals surface area contributed by atoms with Gasteiger partial charge in [0.25, 0.3) is 0 Å². The molecule has 1 aliphatic heterocycles. The maximum atomic E-state index is 5.97. The normalized spacial score (nSPS) is 18.0. The van der Waals surface area contributed by atoms with Crippen LogP contribution >= 0.6 is 11.8 Å². The Hall–Kier alpha value is -1.45. The fraction of sp³-hybridized carbons (Fsp3) is 0.250. The highest BCUT2D eigenvalue weighted by atomic mass is 32.2. The Balaban J connectivity index is 1.73. The van der Waals surface area contributed by atoms with Gasteiger partial charge >= 0.3 is 0 Å². The Morgan fingerprint density at radius 2 is 1.89 bits per heavy atom. The first-order valence-electron chi connectivity index (χ1n) is 6.51. The lowest BCUT2D eigenvalue weighted by molar-refractivity contribution is 0.0588. The summed E-state index contributed by atoms with van der Waals surface area (Å²) in [5, 5.41) is 0. The molecule has 2 aromatic rings. The van der Waals surface area contributed by atoms with E-state index in [0.29, 0.717) is 0 Å². The Kier molecular flexibility index (Phi) is 3.76. The zero-order valence-electron chi connectivity index (χ0n) is 10.7. The van der Waals surface area contributed by atoms with Gasteiger partial charge in [0.1, 0.15) is 0 Å².